The van der Waals surface area contributed by atoms with E-state index in [1.54, 1.807) is 0 Å². The van der Waals surface area contributed by atoms with E-state index in [0.29, 0.717) is 0 Å². The van der Waals surface area contributed by atoms with Crippen LogP contribution in [0.5, 0.6) is 0 Å². The molecule has 0 fully saturated rings. The number of pyridine rings is 1. The maximum Gasteiger partial charge on any atom is 0.0314 e. The van der Waals surface area contributed by atoms with Crippen molar-refractivity contribution in [1.29, 1.82) is 0 Å². The van der Waals surface area contributed by atoms with Gasteiger partial charge in [-0.15, -0.1) is 35.4 Å². The van der Waals surface area contributed by atoms with E-state index in [4.69, 9.17) is 4.98 Å². The molecule has 159 valence electrons. The molecule has 0 aliphatic heterocycles. The third kappa shape index (κ3) is 2.97. The first-order valence-electron chi connectivity index (χ1n) is 10.4. The van der Waals surface area contributed by atoms with Crippen molar-refractivity contribution in [2.75, 3.05) is 0 Å². The van der Waals surface area contributed by atoms with Gasteiger partial charge in [-0.2, -0.15) is 0 Å². The Balaban J connectivity index is 0.000000663. The molecule has 0 atom stereocenters. The molecule has 3 aromatic carbocycles. The Morgan fingerprint density at radius 3 is 1.94 bits per heavy atom. The Morgan fingerprint density at radius 2 is 1.32 bits per heavy atom. The van der Waals surface area contributed by atoms with Crippen LogP contribution >= 0.6 is 0 Å². The molecule has 0 saturated carbocycles. The molecular weight excluding hydrogens is 555 g/mol. The van der Waals surface area contributed by atoms with Crippen molar-refractivity contribution < 1.29 is 20.1 Å². The van der Waals surface area contributed by atoms with Crippen molar-refractivity contribution in [3.63, 3.8) is 0 Å². The molecular formula is C29H27IrN-2. The van der Waals surface area contributed by atoms with Gasteiger partial charge in [0, 0.05) is 31.7 Å². The minimum absolute atomic E-state index is 0. The largest absolute Gasteiger partial charge is 0.358 e. The fourth-order valence-corrected chi connectivity index (χ4v) is 5.13. The maximum absolute atomic E-state index is 4.78. The van der Waals surface area contributed by atoms with Crippen molar-refractivity contribution in [3.8, 4) is 22.4 Å². The number of rotatable bonds is 0. The molecule has 2 aliphatic rings. The van der Waals surface area contributed by atoms with Gasteiger partial charge in [0.1, 0.15) is 0 Å². The molecule has 31 heavy (non-hydrogen) atoms. The Labute approximate surface area is 199 Å². The maximum atomic E-state index is 4.78. The van der Waals surface area contributed by atoms with Gasteiger partial charge in [-0.3, -0.25) is 0 Å². The van der Waals surface area contributed by atoms with Crippen LogP contribution in [0, 0.1) is 27.3 Å². The van der Waals surface area contributed by atoms with Gasteiger partial charge in [-0.25, -0.2) is 0 Å². The summed E-state index contributed by atoms with van der Waals surface area (Å²) < 4.78 is 0. The fourth-order valence-electron chi connectivity index (χ4n) is 5.13. The first-order valence-corrected chi connectivity index (χ1v) is 10.4. The number of hydrogen-bond donors (Lipinski definition) is 0. The Morgan fingerprint density at radius 1 is 0.742 bits per heavy atom. The van der Waals surface area contributed by atoms with E-state index in [2.05, 4.69) is 80.6 Å². The molecule has 0 saturated heterocycles. The number of fused-ring (bicyclic) bond motifs is 10. The molecule has 1 nitrogen and oxygen atoms in total. The molecule has 1 heterocycles. The number of nitrogens with zero attached hydrogens (tertiary/aromatic N) is 1. The predicted molar refractivity (Wildman–Crippen MR) is 127 cm³/mol. The minimum Gasteiger partial charge on any atom is -0.358 e. The van der Waals surface area contributed by atoms with Gasteiger partial charge in [0.15, 0.2) is 0 Å². The third-order valence-corrected chi connectivity index (χ3v) is 6.16. The van der Waals surface area contributed by atoms with Gasteiger partial charge in [0.05, 0.1) is 0 Å². The molecule has 2 aliphatic carbocycles. The Hall–Kier alpha value is -2.54. The summed E-state index contributed by atoms with van der Waals surface area (Å²) in [6, 6.07) is 27.9. The van der Waals surface area contributed by atoms with Crippen LogP contribution in [0.4, 0.5) is 0 Å². The predicted octanol–water partition coefficient (Wildman–Crippen LogP) is 7.32. The molecule has 0 N–H and O–H groups in total. The van der Waals surface area contributed by atoms with Gasteiger partial charge in [0.25, 0.3) is 0 Å². The van der Waals surface area contributed by atoms with E-state index < -0.39 is 0 Å². The fraction of sp³-hybridized carbons (Fsp3) is 0.172. The Bertz CT molecular complexity index is 1160. The smallest absolute Gasteiger partial charge is 0.0314 e. The van der Waals surface area contributed by atoms with Gasteiger partial charge in [-0.1, -0.05) is 73.0 Å². The van der Waals surface area contributed by atoms with Crippen LogP contribution in [0.2, 0.25) is 0 Å². The van der Waals surface area contributed by atoms with E-state index in [-0.39, 0.29) is 32.9 Å². The SMILES string of the molecule is CC.Cc1ccc2c(c1)C1(c3ccc[c-]c3-c3ncccc31)c1cc(C)ccc1-2.[CH3-].[Ir]. The topological polar surface area (TPSA) is 12.9 Å². The summed E-state index contributed by atoms with van der Waals surface area (Å²) in [6.07, 6.45) is 1.89. The third-order valence-electron chi connectivity index (χ3n) is 6.16. The number of aromatic nitrogens is 1. The summed E-state index contributed by atoms with van der Waals surface area (Å²) in [5, 5.41) is 0. The van der Waals surface area contributed by atoms with Crippen LogP contribution in [-0.4, -0.2) is 4.98 Å². The van der Waals surface area contributed by atoms with E-state index in [1.807, 2.05) is 26.1 Å². The average molecular weight is 582 g/mol. The molecule has 0 unspecified atom stereocenters. The van der Waals surface area contributed by atoms with Crippen LogP contribution in [0.3, 0.4) is 0 Å². The zero-order valence-electron chi connectivity index (χ0n) is 18.7. The summed E-state index contributed by atoms with van der Waals surface area (Å²) in [6.45, 7) is 8.36. The minimum atomic E-state index is -0.292. The van der Waals surface area contributed by atoms with Crippen molar-refractivity contribution in [2.24, 2.45) is 0 Å². The normalized spacial score (nSPS) is 12.9. The molecule has 2 heteroatoms. The van der Waals surface area contributed by atoms with E-state index >= 15 is 0 Å². The van der Waals surface area contributed by atoms with E-state index in [0.717, 1.165) is 11.3 Å². The zero-order chi connectivity index (χ0) is 20.2. The molecule has 1 spiro atoms. The number of hydrogen-bond acceptors (Lipinski definition) is 1. The van der Waals surface area contributed by atoms with Crippen LogP contribution in [-0.2, 0) is 25.5 Å². The molecule has 0 bridgehead atoms. The number of aryl methyl sites for hydroxylation is 2. The summed E-state index contributed by atoms with van der Waals surface area (Å²) in [4.78, 5) is 4.78. The van der Waals surface area contributed by atoms with E-state index in [1.165, 1.54) is 44.5 Å². The molecule has 1 radical (unpaired) electrons. The second kappa shape index (κ2) is 8.54. The van der Waals surface area contributed by atoms with Crippen LogP contribution in [0.1, 0.15) is 47.2 Å². The second-order valence-electron chi connectivity index (χ2n) is 7.71. The van der Waals surface area contributed by atoms with Crippen molar-refractivity contribution >= 4 is 0 Å². The van der Waals surface area contributed by atoms with Crippen LogP contribution < -0.4 is 0 Å². The van der Waals surface area contributed by atoms with Gasteiger partial charge < -0.3 is 12.4 Å². The average Bonchev–Trinajstić information content (AvgIpc) is 3.22. The zero-order valence-corrected chi connectivity index (χ0v) is 21.1. The van der Waals surface area contributed by atoms with Crippen molar-refractivity contribution in [3.05, 3.63) is 120 Å². The monoisotopic (exact) mass is 582 g/mol. The second-order valence-corrected chi connectivity index (χ2v) is 7.71. The standard InChI is InChI=1S/C26H18N.C2H6.CH3.Ir/c1-16-9-11-18-19-12-10-17(2)15-24(19)26(23(18)14-16)21-7-4-3-6-20(21)25-22(26)8-5-13-27-25;1-2;;/h3-5,7-15H,1-2H3;1-2H3;1H3;/q-1;;-1;. The summed E-state index contributed by atoms with van der Waals surface area (Å²) in [5.41, 5.74) is 12.5. The number of benzene rings is 3. The van der Waals surface area contributed by atoms with Gasteiger partial charge in [-0.05, 0) is 47.9 Å². The van der Waals surface area contributed by atoms with Crippen molar-refractivity contribution in [1.82, 2.24) is 4.98 Å². The molecule has 6 rings (SSSR count). The molecule has 4 aromatic rings. The van der Waals surface area contributed by atoms with E-state index in [9.17, 15) is 0 Å². The Kier molecular flexibility index (Phi) is 6.37. The van der Waals surface area contributed by atoms with Gasteiger partial charge in [0.2, 0.25) is 0 Å². The molecule has 0 amide bonds. The van der Waals surface area contributed by atoms with Gasteiger partial charge >= 0.3 is 0 Å². The van der Waals surface area contributed by atoms with Crippen LogP contribution in [0.15, 0.2) is 72.9 Å². The summed E-state index contributed by atoms with van der Waals surface area (Å²) in [7, 11) is 0. The van der Waals surface area contributed by atoms with Crippen molar-refractivity contribution in [2.45, 2.75) is 33.1 Å². The first kappa shape index (κ1) is 23.1. The summed E-state index contributed by atoms with van der Waals surface area (Å²) >= 11 is 0. The quantitative estimate of drug-likeness (QED) is 0.171. The van der Waals surface area contributed by atoms with Crippen LogP contribution in [0.25, 0.3) is 22.4 Å². The summed E-state index contributed by atoms with van der Waals surface area (Å²) in [5.74, 6) is 0. The molecule has 1 aromatic heterocycles. The first-order chi connectivity index (χ1) is 14.2.